The molecule has 1 N–H and O–H groups in total. The number of carboxylic acids is 1. The van der Waals surface area contributed by atoms with Crippen LogP contribution in [0.4, 0.5) is 11.4 Å². The number of hydrogen-bond donors (Lipinski definition) is 1. The molecule has 0 saturated carbocycles. The maximum atomic E-state index is 13.0. The summed E-state index contributed by atoms with van der Waals surface area (Å²) in [4.78, 5) is 16.0. The van der Waals surface area contributed by atoms with Gasteiger partial charge in [0.25, 0.3) is 0 Å². The standard InChI is InChI=1S/C30H42N2O2/c1-19(2)23-13-11-14-24(20(3)4)27(23)31-17-9-10-18-32(29(31)30(33)34)28-25(21(5)6)15-12-16-26(28)22(7)8/h9,11-17,19-22,29H,10,18H2,1-8H3,(H,33,34). The van der Waals surface area contributed by atoms with Crippen molar-refractivity contribution in [2.75, 3.05) is 11.4 Å². The normalized spacial score (nSPS) is 18.9. The van der Waals surface area contributed by atoms with Crippen molar-refractivity contribution in [3.63, 3.8) is 0 Å². The second-order valence-electron chi connectivity index (χ2n) is 10.8. The van der Waals surface area contributed by atoms with Crippen molar-refractivity contribution in [3.05, 3.63) is 70.9 Å². The van der Waals surface area contributed by atoms with E-state index in [4.69, 9.17) is 0 Å². The molecule has 34 heavy (non-hydrogen) atoms. The van der Waals surface area contributed by atoms with E-state index in [1.54, 1.807) is 0 Å². The van der Waals surface area contributed by atoms with Crippen molar-refractivity contribution in [2.45, 2.75) is 91.6 Å². The smallest absolute Gasteiger partial charge is 0.213 e. The SMILES string of the molecule is CC(C)c1cccc(C(C)C)c1N1CCC=C[NH+](c2c(C(C)C)cccc2C(C)C)C1C(=O)[O-]. The van der Waals surface area contributed by atoms with Crippen LogP contribution in [0.2, 0.25) is 0 Å². The monoisotopic (exact) mass is 462 g/mol. The molecule has 1 aliphatic rings. The van der Waals surface area contributed by atoms with Crippen molar-refractivity contribution >= 4 is 17.3 Å². The molecule has 1 aliphatic heterocycles. The quantitative estimate of drug-likeness (QED) is 0.615. The number of aliphatic carboxylic acids is 1. The van der Waals surface area contributed by atoms with Crippen molar-refractivity contribution in [1.82, 2.24) is 0 Å². The maximum Gasteiger partial charge on any atom is 0.213 e. The summed E-state index contributed by atoms with van der Waals surface area (Å²) < 4.78 is 0. The number of anilines is 1. The number of quaternary nitrogens is 1. The zero-order valence-corrected chi connectivity index (χ0v) is 22.2. The summed E-state index contributed by atoms with van der Waals surface area (Å²) in [7, 11) is 0. The molecule has 0 aromatic heterocycles. The van der Waals surface area contributed by atoms with Gasteiger partial charge in [-0.25, -0.2) is 0 Å². The zero-order valence-electron chi connectivity index (χ0n) is 22.2. The van der Waals surface area contributed by atoms with Crippen LogP contribution >= 0.6 is 0 Å². The number of para-hydroxylation sites is 2. The Morgan fingerprint density at radius 2 is 1.26 bits per heavy atom. The Kier molecular flexibility index (Phi) is 8.25. The second kappa shape index (κ2) is 10.8. The van der Waals surface area contributed by atoms with E-state index < -0.39 is 12.1 Å². The first-order valence-corrected chi connectivity index (χ1v) is 12.8. The Morgan fingerprint density at radius 3 is 1.68 bits per heavy atom. The summed E-state index contributed by atoms with van der Waals surface area (Å²) in [5.74, 6) is 0.0868. The minimum absolute atomic E-state index is 0.280. The van der Waals surface area contributed by atoms with Crippen LogP contribution in [0.1, 0.15) is 108 Å². The van der Waals surface area contributed by atoms with Crippen LogP contribution in [0.5, 0.6) is 0 Å². The maximum absolute atomic E-state index is 13.0. The minimum Gasteiger partial charge on any atom is -0.542 e. The number of benzene rings is 2. The van der Waals surface area contributed by atoms with Crippen molar-refractivity contribution < 1.29 is 14.8 Å². The van der Waals surface area contributed by atoms with Gasteiger partial charge in [-0.05, 0) is 47.3 Å². The Balaban J connectivity index is 2.31. The molecular weight excluding hydrogens is 420 g/mol. The largest absolute Gasteiger partial charge is 0.542 e. The molecule has 0 aliphatic carbocycles. The van der Waals surface area contributed by atoms with Gasteiger partial charge in [-0.15, -0.1) is 0 Å². The van der Waals surface area contributed by atoms with Crippen LogP contribution in [0.15, 0.2) is 48.7 Å². The van der Waals surface area contributed by atoms with E-state index in [9.17, 15) is 9.90 Å². The van der Waals surface area contributed by atoms with Crippen molar-refractivity contribution in [2.24, 2.45) is 0 Å². The molecule has 4 nitrogen and oxygen atoms in total. The summed E-state index contributed by atoms with van der Waals surface area (Å²) in [5, 5.41) is 13.0. The van der Waals surface area contributed by atoms with E-state index >= 15 is 0 Å². The molecule has 0 spiro atoms. The van der Waals surface area contributed by atoms with Crippen LogP contribution in [-0.2, 0) is 4.79 Å². The molecule has 3 rings (SSSR count). The predicted molar refractivity (Wildman–Crippen MR) is 140 cm³/mol. The highest BCUT2D eigenvalue weighted by Gasteiger charge is 2.37. The van der Waals surface area contributed by atoms with Gasteiger partial charge in [0.05, 0.1) is 6.20 Å². The average molecular weight is 463 g/mol. The first-order valence-electron chi connectivity index (χ1n) is 12.8. The van der Waals surface area contributed by atoms with Gasteiger partial charge in [0.2, 0.25) is 6.17 Å². The van der Waals surface area contributed by atoms with Gasteiger partial charge in [-0.3, -0.25) is 4.90 Å². The summed E-state index contributed by atoms with van der Waals surface area (Å²) in [6, 6.07) is 12.8. The topological polar surface area (TPSA) is 47.8 Å². The highest BCUT2D eigenvalue weighted by molar-refractivity contribution is 5.77. The van der Waals surface area contributed by atoms with E-state index in [0.717, 1.165) is 22.7 Å². The number of rotatable bonds is 7. The highest BCUT2D eigenvalue weighted by atomic mass is 16.4. The number of carboxylic acid groups (broad SMARTS) is 1. The summed E-state index contributed by atoms with van der Waals surface area (Å²) in [6.45, 7) is 18.1. The fourth-order valence-electron chi connectivity index (χ4n) is 5.25. The van der Waals surface area contributed by atoms with Gasteiger partial charge < -0.3 is 14.8 Å². The fraction of sp³-hybridized carbons (Fsp3) is 0.500. The molecule has 0 radical (unpaired) electrons. The number of carbonyl (C=O) groups excluding carboxylic acids is 1. The van der Waals surface area contributed by atoms with Crippen LogP contribution < -0.4 is 14.9 Å². The first-order chi connectivity index (χ1) is 16.1. The average Bonchev–Trinajstić information content (AvgIpc) is 3.00. The molecule has 1 heterocycles. The molecule has 2 atom stereocenters. The molecule has 2 unspecified atom stereocenters. The highest BCUT2D eigenvalue weighted by Crippen LogP contribution is 2.37. The number of nitrogens with one attached hydrogen (secondary N) is 1. The Hall–Kier alpha value is -2.59. The van der Waals surface area contributed by atoms with E-state index in [1.807, 2.05) is 0 Å². The second-order valence-corrected chi connectivity index (χ2v) is 10.8. The van der Waals surface area contributed by atoms with Crippen LogP contribution in [0.3, 0.4) is 0 Å². The summed E-state index contributed by atoms with van der Waals surface area (Å²) in [5.41, 5.74) is 6.93. The summed E-state index contributed by atoms with van der Waals surface area (Å²) >= 11 is 0. The molecule has 0 fully saturated rings. The van der Waals surface area contributed by atoms with Gasteiger partial charge >= 0.3 is 0 Å². The minimum atomic E-state index is -1.04. The lowest BCUT2D eigenvalue weighted by Gasteiger charge is -2.39. The van der Waals surface area contributed by atoms with Gasteiger partial charge in [0, 0.05) is 23.4 Å². The molecule has 2 aromatic rings. The zero-order chi connectivity index (χ0) is 25.2. The predicted octanol–water partition coefficient (Wildman–Crippen LogP) is 5.20. The third kappa shape index (κ3) is 5.07. The van der Waals surface area contributed by atoms with E-state index in [0.29, 0.717) is 6.54 Å². The number of carbonyl (C=O) groups is 1. The van der Waals surface area contributed by atoms with Crippen molar-refractivity contribution in [3.8, 4) is 0 Å². The molecule has 0 bridgehead atoms. The number of hydrogen-bond acceptors (Lipinski definition) is 3. The summed E-state index contributed by atoms with van der Waals surface area (Å²) in [6.07, 6.45) is 4.13. The van der Waals surface area contributed by atoms with Crippen molar-refractivity contribution in [1.29, 1.82) is 0 Å². The lowest BCUT2D eigenvalue weighted by Crippen LogP contribution is -3.11. The van der Waals surface area contributed by atoms with Gasteiger partial charge in [-0.2, -0.15) is 0 Å². The lowest BCUT2D eigenvalue weighted by molar-refractivity contribution is -0.798. The van der Waals surface area contributed by atoms with Gasteiger partial charge in [0.1, 0.15) is 11.7 Å². The third-order valence-corrected chi connectivity index (χ3v) is 6.95. The van der Waals surface area contributed by atoms with E-state index in [2.05, 4.69) is 109 Å². The Bertz CT molecular complexity index is 984. The number of nitrogens with zero attached hydrogens (tertiary/aromatic N) is 1. The fourth-order valence-corrected chi connectivity index (χ4v) is 5.25. The van der Waals surface area contributed by atoms with E-state index in [1.165, 1.54) is 22.3 Å². The molecule has 184 valence electrons. The molecule has 0 amide bonds. The molecule has 2 aromatic carbocycles. The van der Waals surface area contributed by atoms with Crippen LogP contribution in [0, 0.1) is 0 Å². The van der Waals surface area contributed by atoms with Gasteiger partial charge in [-0.1, -0.05) is 91.8 Å². The van der Waals surface area contributed by atoms with Gasteiger partial charge in [0.15, 0.2) is 0 Å². The Morgan fingerprint density at radius 1 is 0.824 bits per heavy atom. The van der Waals surface area contributed by atoms with Crippen LogP contribution in [-0.4, -0.2) is 18.7 Å². The lowest BCUT2D eigenvalue weighted by atomic mass is 9.90. The van der Waals surface area contributed by atoms with Crippen LogP contribution in [0.25, 0.3) is 0 Å². The molecule has 4 heteroatoms. The third-order valence-electron chi connectivity index (χ3n) is 6.95. The first kappa shape index (κ1) is 26.0. The molecular formula is C30H42N2O2. The van der Waals surface area contributed by atoms with E-state index in [-0.39, 0.29) is 23.7 Å². The Labute approximate surface area is 206 Å². The molecule has 0 saturated heterocycles.